The first-order valence-electron chi connectivity index (χ1n) is 5.98. The van der Waals surface area contributed by atoms with Gasteiger partial charge in [0, 0.05) is 11.3 Å². The molecule has 18 heavy (non-hydrogen) atoms. The van der Waals surface area contributed by atoms with E-state index in [0.717, 1.165) is 29.4 Å². The van der Waals surface area contributed by atoms with E-state index >= 15 is 0 Å². The van der Waals surface area contributed by atoms with E-state index in [2.05, 4.69) is 13.0 Å². The van der Waals surface area contributed by atoms with Crippen molar-refractivity contribution in [2.45, 2.75) is 18.2 Å². The summed E-state index contributed by atoms with van der Waals surface area (Å²) >= 11 is 1.39. The van der Waals surface area contributed by atoms with Crippen molar-refractivity contribution in [3.05, 3.63) is 53.6 Å². The van der Waals surface area contributed by atoms with Crippen LogP contribution in [0.3, 0.4) is 0 Å². The summed E-state index contributed by atoms with van der Waals surface area (Å²) in [7, 11) is 0. The number of benzene rings is 2. The van der Waals surface area contributed by atoms with Crippen LogP contribution >= 0.6 is 12.0 Å². The Balaban J connectivity index is 1.68. The van der Waals surface area contributed by atoms with E-state index in [1.807, 2.05) is 36.4 Å². The second-order valence-corrected chi connectivity index (χ2v) is 5.15. The van der Waals surface area contributed by atoms with E-state index in [-0.39, 0.29) is 0 Å². The van der Waals surface area contributed by atoms with Gasteiger partial charge in [-0.15, -0.1) is 0 Å². The molecule has 0 unspecified atom stereocenters. The standard InChI is InChI=1S/C15H14O2S/c1-11-2-4-13(5-3-11)17-18-14-6-7-15-12(10-14)8-9-16-15/h2-7,10H,8-9H2,1H3. The van der Waals surface area contributed by atoms with Gasteiger partial charge in [-0.25, -0.2) is 0 Å². The predicted molar refractivity (Wildman–Crippen MR) is 73.3 cm³/mol. The average molecular weight is 258 g/mol. The van der Waals surface area contributed by atoms with Crippen molar-refractivity contribution < 1.29 is 8.92 Å². The van der Waals surface area contributed by atoms with Gasteiger partial charge in [0.05, 0.1) is 18.6 Å². The minimum Gasteiger partial charge on any atom is -0.493 e. The number of ether oxygens (including phenoxy) is 1. The molecule has 2 aromatic rings. The molecule has 0 fully saturated rings. The van der Waals surface area contributed by atoms with Crippen LogP contribution in [0.5, 0.6) is 11.5 Å². The lowest BCUT2D eigenvalue weighted by molar-refractivity contribution is 0.356. The van der Waals surface area contributed by atoms with Gasteiger partial charge in [0.1, 0.15) is 11.5 Å². The molecule has 0 atom stereocenters. The molecular formula is C15H14O2S. The molecule has 2 nitrogen and oxygen atoms in total. The van der Waals surface area contributed by atoms with Crippen LogP contribution in [0.2, 0.25) is 0 Å². The van der Waals surface area contributed by atoms with E-state index in [1.165, 1.54) is 23.2 Å². The zero-order valence-electron chi connectivity index (χ0n) is 10.2. The summed E-state index contributed by atoms with van der Waals surface area (Å²) in [6, 6.07) is 14.3. The summed E-state index contributed by atoms with van der Waals surface area (Å²) in [4.78, 5) is 1.11. The first-order valence-corrected chi connectivity index (χ1v) is 6.72. The maximum absolute atomic E-state index is 5.68. The maximum atomic E-state index is 5.68. The van der Waals surface area contributed by atoms with Crippen LogP contribution in [0, 0.1) is 6.92 Å². The van der Waals surface area contributed by atoms with Gasteiger partial charge in [-0.3, -0.25) is 0 Å². The van der Waals surface area contributed by atoms with Gasteiger partial charge < -0.3 is 8.92 Å². The molecule has 3 heteroatoms. The third kappa shape index (κ3) is 2.46. The van der Waals surface area contributed by atoms with Crippen LogP contribution in [0.1, 0.15) is 11.1 Å². The van der Waals surface area contributed by atoms with Crippen LogP contribution < -0.4 is 8.92 Å². The Morgan fingerprint density at radius 1 is 1.11 bits per heavy atom. The summed E-state index contributed by atoms with van der Waals surface area (Å²) in [5.74, 6) is 1.89. The molecule has 0 saturated heterocycles. The number of hydrogen-bond donors (Lipinski definition) is 0. The fourth-order valence-corrected chi connectivity index (χ4v) is 2.52. The third-order valence-corrected chi connectivity index (χ3v) is 3.64. The van der Waals surface area contributed by atoms with E-state index in [0.29, 0.717) is 0 Å². The van der Waals surface area contributed by atoms with Crippen molar-refractivity contribution in [2.24, 2.45) is 0 Å². The third-order valence-electron chi connectivity index (χ3n) is 2.92. The summed E-state index contributed by atoms with van der Waals surface area (Å²) in [5, 5.41) is 0. The average Bonchev–Trinajstić information content (AvgIpc) is 2.85. The highest BCUT2D eigenvalue weighted by molar-refractivity contribution is 7.95. The summed E-state index contributed by atoms with van der Waals surface area (Å²) in [5.41, 5.74) is 2.51. The summed E-state index contributed by atoms with van der Waals surface area (Å²) in [6.45, 7) is 2.86. The highest BCUT2D eigenvalue weighted by Crippen LogP contribution is 2.31. The van der Waals surface area contributed by atoms with Gasteiger partial charge in [0.15, 0.2) is 0 Å². The Hall–Kier alpha value is -1.61. The molecule has 0 N–H and O–H groups in total. The molecule has 1 aliphatic heterocycles. The quantitative estimate of drug-likeness (QED) is 0.775. The Bertz CT molecular complexity index is 549. The highest BCUT2D eigenvalue weighted by Gasteiger charge is 2.12. The second kappa shape index (κ2) is 4.94. The Morgan fingerprint density at radius 3 is 2.78 bits per heavy atom. The topological polar surface area (TPSA) is 18.5 Å². The Morgan fingerprint density at radius 2 is 1.94 bits per heavy atom. The van der Waals surface area contributed by atoms with Gasteiger partial charge in [-0.05, 0) is 42.8 Å². The number of aryl methyl sites for hydroxylation is 1. The zero-order valence-corrected chi connectivity index (χ0v) is 11.0. The van der Waals surface area contributed by atoms with E-state index in [9.17, 15) is 0 Å². The lowest BCUT2D eigenvalue weighted by Crippen LogP contribution is -1.85. The van der Waals surface area contributed by atoms with Crippen LogP contribution in [-0.4, -0.2) is 6.61 Å². The van der Waals surface area contributed by atoms with Crippen LogP contribution in [0.15, 0.2) is 47.4 Å². The molecule has 0 spiro atoms. The van der Waals surface area contributed by atoms with E-state index in [1.54, 1.807) is 0 Å². The fourth-order valence-electron chi connectivity index (χ4n) is 1.90. The van der Waals surface area contributed by atoms with Gasteiger partial charge in [0.25, 0.3) is 0 Å². The van der Waals surface area contributed by atoms with Crippen molar-refractivity contribution in [1.82, 2.24) is 0 Å². The predicted octanol–water partition coefficient (Wildman–Crippen LogP) is 4.02. The number of rotatable bonds is 3. The van der Waals surface area contributed by atoms with Crippen LogP contribution in [-0.2, 0) is 6.42 Å². The fraction of sp³-hybridized carbons (Fsp3) is 0.200. The molecule has 0 saturated carbocycles. The largest absolute Gasteiger partial charge is 0.493 e. The molecule has 1 aliphatic rings. The van der Waals surface area contributed by atoms with Crippen LogP contribution in [0.4, 0.5) is 0 Å². The van der Waals surface area contributed by atoms with Crippen molar-refractivity contribution >= 4 is 12.0 Å². The SMILES string of the molecule is Cc1ccc(OSc2ccc3c(c2)CCO3)cc1. The van der Waals surface area contributed by atoms with Crippen LogP contribution in [0.25, 0.3) is 0 Å². The first-order chi connectivity index (χ1) is 8.81. The Labute approximate surface area is 111 Å². The molecule has 92 valence electrons. The monoisotopic (exact) mass is 258 g/mol. The lowest BCUT2D eigenvalue weighted by Gasteiger charge is -2.05. The first kappa shape index (κ1) is 11.5. The summed E-state index contributed by atoms with van der Waals surface area (Å²) < 4.78 is 11.2. The molecule has 0 aliphatic carbocycles. The molecule has 0 radical (unpaired) electrons. The minimum atomic E-state index is 0.794. The van der Waals surface area contributed by atoms with Gasteiger partial charge in [0.2, 0.25) is 0 Å². The molecule has 3 rings (SSSR count). The molecule has 0 aromatic heterocycles. The van der Waals surface area contributed by atoms with E-state index < -0.39 is 0 Å². The highest BCUT2D eigenvalue weighted by atomic mass is 32.2. The number of fused-ring (bicyclic) bond motifs is 1. The normalized spacial score (nSPS) is 12.9. The van der Waals surface area contributed by atoms with Gasteiger partial charge >= 0.3 is 0 Å². The van der Waals surface area contributed by atoms with Gasteiger partial charge in [-0.1, -0.05) is 17.7 Å². The zero-order chi connectivity index (χ0) is 12.4. The summed E-state index contributed by atoms with van der Waals surface area (Å²) in [6.07, 6.45) is 0.994. The molecule has 2 aromatic carbocycles. The van der Waals surface area contributed by atoms with Crippen molar-refractivity contribution in [3.8, 4) is 11.5 Å². The minimum absolute atomic E-state index is 0.794. The van der Waals surface area contributed by atoms with Crippen molar-refractivity contribution in [1.29, 1.82) is 0 Å². The Kier molecular flexibility index (Phi) is 3.15. The molecule has 0 bridgehead atoms. The molecular weight excluding hydrogens is 244 g/mol. The molecule has 1 heterocycles. The van der Waals surface area contributed by atoms with Gasteiger partial charge in [-0.2, -0.15) is 0 Å². The van der Waals surface area contributed by atoms with Crippen molar-refractivity contribution in [3.63, 3.8) is 0 Å². The lowest BCUT2D eigenvalue weighted by atomic mass is 10.2. The van der Waals surface area contributed by atoms with E-state index in [4.69, 9.17) is 8.92 Å². The molecule has 0 amide bonds. The maximum Gasteiger partial charge on any atom is 0.137 e. The smallest absolute Gasteiger partial charge is 0.137 e. The number of hydrogen-bond acceptors (Lipinski definition) is 3. The van der Waals surface area contributed by atoms with Crippen molar-refractivity contribution in [2.75, 3.05) is 6.61 Å². The second-order valence-electron chi connectivity index (χ2n) is 4.35.